The van der Waals surface area contributed by atoms with Gasteiger partial charge in [0, 0.05) is 12.1 Å². The molecule has 1 atom stereocenters. The van der Waals surface area contributed by atoms with Gasteiger partial charge in [0.2, 0.25) is 0 Å². The molecule has 4 N–H and O–H groups in total. The number of benzene rings is 1. The van der Waals surface area contributed by atoms with E-state index in [-0.39, 0.29) is 24.6 Å². The van der Waals surface area contributed by atoms with Crippen LogP contribution in [0.4, 0.5) is 13.2 Å². The maximum atomic E-state index is 13.4. The summed E-state index contributed by atoms with van der Waals surface area (Å²) in [6.45, 7) is 0.463. The summed E-state index contributed by atoms with van der Waals surface area (Å²) < 4.78 is 40.2. The van der Waals surface area contributed by atoms with Gasteiger partial charge in [0.15, 0.2) is 5.96 Å². The number of aliphatic carboxylic acids is 1. The molecule has 0 radical (unpaired) electrons. The van der Waals surface area contributed by atoms with Crippen LogP contribution in [0.3, 0.4) is 0 Å². The van der Waals surface area contributed by atoms with Crippen molar-refractivity contribution in [1.82, 2.24) is 16.0 Å². The topological polar surface area (TPSA) is 103 Å². The second-order valence-electron chi connectivity index (χ2n) is 4.66. The van der Waals surface area contributed by atoms with Crippen LogP contribution in [0.25, 0.3) is 0 Å². The number of guanidine groups is 1. The van der Waals surface area contributed by atoms with Gasteiger partial charge in [-0.05, 0) is 12.1 Å². The van der Waals surface area contributed by atoms with Crippen molar-refractivity contribution in [3.05, 3.63) is 35.9 Å². The van der Waals surface area contributed by atoms with Gasteiger partial charge < -0.3 is 21.1 Å². The number of hydrogen-bond donors (Lipinski definition) is 4. The molecule has 0 fully saturated rings. The van der Waals surface area contributed by atoms with Gasteiger partial charge in [-0.15, -0.1) is 0 Å². The molecule has 0 spiro atoms. The van der Waals surface area contributed by atoms with Gasteiger partial charge in [0.25, 0.3) is 5.91 Å². The molecule has 0 saturated carbocycles. The minimum absolute atomic E-state index is 0.106. The molecule has 1 aromatic carbocycles. The van der Waals surface area contributed by atoms with E-state index in [1.807, 2.05) is 0 Å². The minimum Gasteiger partial charge on any atom is -0.478 e. The van der Waals surface area contributed by atoms with Gasteiger partial charge in [-0.2, -0.15) is 13.2 Å². The maximum Gasteiger partial charge on any atom is 0.442 e. The first-order valence-corrected chi connectivity index (χ1v) is 6.50. The predicted octanol–water partition coefficient (Wildman–Crippen LogP) is 0.308. The number of alkyl halides is 3. The number of amides is 1. The van der Waals surface area contributed by atoms with Crippen LogP contribution in [0.15, 0.2) is 35.3 Å². The Morgan fingerprint density at radius 2 is 1.87 bits per heavy atom. The third-order valence-corrected chi connectivity index (χ3v) is 3.06. The summed E-state index contributed by atoms with van der Waals surface area (Å²) in [6.07, 6.45) is -5.31. The van der Waals surface area contributed by atoms with Crippen LogP contribution in [-0.2, 0) is 4.79 Å². The number of rotatable bonds is 4. The van der Waals surface area contributed by atoms with Crippen LogP contribution in [-0.4, -0.2) is 47.9 Å². The number of nitrogens with one attached hydrogen (secondary N) is 3. The smallest absolute Gasteiger partial charge is 0.442 e. The second kappa shape index (κ2) is 6.15. The quantitative estimate of drug-likeness (QED) is 0.595. The van der Waals surface area contributed by atoms with Crippen molar-refractivity contribution in [2.24, 2.45) is 4.99 Å². The van der Waals surface area contributed by atoms with Crippen molar-refractivity contribution in [2.75, 3.05) is 13.1 Å². The van der Waals surface area contributed by atoms with E-state index in [1.165, 1.54) is 29.6 Å². The zero-order valence-corrected chi connectivity index (χ0v) is 11.6. The molecule has 10 heteroatoms. The highest BCUT2D eigenvalue weighted by atomic mass is 19.4. The first kappa shape index (κ1) is 16.6. The van der Waals surface area contributed by atoms with Crippen LogP contribution < -0.4 is 16.0 Å². The number of carboxylic acids is 1. The molecule has 1 aromatic rings. The molecule has 124 valence electrons. The van der Waals surface area contributed by atoms with Crippen LogP contribution >= 0.6 is 0 Å². The first-order chi connectivity index (χ1) is 10.8. The van der Waals surface area contributed by atoms with Gasteiger partial charge in [-0.1, -0.05) is 18.2 Å². The van der Waals surface area contributed by atoms with E-state index in [0.29, 0.717) is 0 Å². The molecular formula is C13H13F3N4O3. The van der Waals surface area contributed by atoms with E-state index in [2.05, 4.69) is 10.3 Å². The number of nitrogens with zero attached hydrogens (tertiary/aromatic N) is 1. The van der Waals surface area contributed by atoms with E-state index in [1.54, 1.807) is 11.4 Å². The van der Waals surface area contributed by atoms with Crippen molar-refractivity contribution in [3.63, 3.8) is 0 Å². The number of carbonyl (C=O) groups is 2. The lowest BCUT2D eigenvalue weighted by Gasteiger charge is -2.33. The van der Waals surface area contributed by atoms with Gasteiger partial charge in [-0.3, -0.25) is 9.79 Å². The van der Waals surface area contributed by atoms with Gasteiger partial charge >= 0.3 is 17.8 Å². The van der Waals surface area contributed by atoms with E-state index in [0.717, 1.165) is 0 Å². The standard InChI is InChI=1S/C13H13F3N4O3/c14-13(15,16)12(10(22)23,20-11-17-6-7-18-11)19-9(21)8-4-2-1-3-5-8/h1-5H,6-7H2,(H,19,21)(H,22,23)(H2,17,18,20). The lowest BCUT2D eigenvalue weighted by Crippen LogP contribution is -2.74. The Hall–Kier alpha value is -2.78. The molecule has 23 heavy (non-hydrogen) atoms. The summed E-state index contributed by atoms with van der Waals surface area (Å²) in [5, 5.41) is 14.9. The number of aliphatic imine (C=N–C) groups is 1. The summed E-state index contributed by atoms with van der Waals surface area (Å²) in [7, 11) is 0. The maximum absolute atomic E-state index is 13.4. The Kier molecular flexibility index (Phi) is 4.43. The summed E-state index contributed by atoms with van der Waals surface area (Å²) in [4.78, 5) is 27.0. The molecular weight excluding hydrogens is 317 g/mol. The van der Waals surface area contributed by atoms with Crippen LogP contribution in [0.2, 0.25) is 0 Å². The Labute approximate surface area is 128 Å². The highest BCUT2D eigenvalue weighted by Gasteiger charge is 2.63. The summed E-state index contributed by atoms with van der Waals surface area (Å²) >= 11 is 0. The van der Waals surface area contributed by atoms with Crippen molar-refractivity contribution in [3.8, 4) is 0 Å². The van der Waals surface area contributed by atoms with E-state index >= 15 is 0 Å². The van der Waals surface area contributed by atoms with Crippen molar-refractivity contribution < 1.29 is 27.9 Å². The van der Waals surface area contributed by atoms with E-state index < -0.39 is 23.7 Å². The van der Waals surface area contributed by atoms with Crippen molar-refractivity contribution in [2.45, 2.75) is 11.8 Å². The fourth-order valence-corrected chi connectivity index (χ4v) is 1.89. The molecule has 7 nitrogen and oxygen atoms in total. The molecule has 1 heterocycles. The molecule has 2 rings (SSSR count). The van der Waals surface area contributed by atoms with Crippen LogP contribution in [0.1, 0.15) is 10.4 Å². The average molecular weight is 330 g/mol. The van der Waals surface area contributed by atoms with Gasteiger partial charge in [0.1, 0.15) is 0 Å². The average Bonchev–Trinajstić information content (AvgIpc) is 2.98. The molecule has 1 aliphatic rings. The van der Waals surface area contributed by atoms with Crippen molar-refractivity contribution >= 4 is 17.8 Å². The summed E-state index contributed by atoms with van der Waals surface area (Å²) in [5.74, 6) is -3.83. The number of hydrogen-bond acceptors (Lipinski definition) is 5. The number of carboxylic acid groups (broad SMARTS) is 1. The zero-order valence-electron chi connectivity index (χ0n) is 11.6. The molecule has 1 amide bonds. The third-order valence-electron chi connectivity index (χ3n) is 3.06. The SMILES string of the molecule is O=C(NC(NC1=NCCN1)(C(=O)O)C(F)(F)F)c1ccccc1. The monoisotopic (exact) mass is 330 g/mol. The lowest BCUT2D eigenvalue weighted by atomic mass is 10.1. The highest BCUT2D eigenvalue weighted by molar-refractivity contribution is 5.99. The lowest BCUT2D eigenvalue weighted by molar-refractivity contribution is -0.211. The Morgan fingerprint density at radius 3 is 2.35 bits per heavy atom. The van der Waals surface area contributed by atoms with Gasteiger partial charge in [0.05, 0.1) is 6.54 Å². The van der Waals surface area contributed by atoms with Crippen molar-refractivity contribution in [1.29, 1.82) is 0 Å². The van der Waals surface area contributed by atoms with Gasteiger partial charge in [-0.25, -0.2) is 4.79 Å². The van der Waals surface area contributed by atoms with E-state index in [9.17, 15) is 22.8 Å². The molecule has 0 aromatic heterocycles. The fraction of sp³-hybridized carbons (Fsp3) is 0.308. The highest BCUT2D eigenvalue weighted by Crippen LogP contribution is 2.29. The molecule has 0 bridgehead atoms. The largest absolute Gasteiger partial charge is 0.478 e. The minimum atomic E-state index is -5.31. The summed E-state index contributed by atoms with van der Waals surface area (Å²) in [5.41, 5.74) is -3.80. The molecule has 1 aliphatic heterocycles. The summed E-state index contributed by atoms with van der Waals surface area (Å²) in [6, 6.07) is 7.00. The van der Waals surface area contributed by atoms with E-state index in [4.69, 9.17) is 5.11 Å². The fourth-order valence-electron chi connectivity index (χ4n) is 1.89. The Morgan fingerprint density at radius 1 is 1.22 bits per heavy atom. The van der Waals surface area contributed by atoms with Crippen LogP contribution in [0.5, 0.6) is 0 Å². The van der Waals surface area contributed by atoms with Crippen LogP contribution in [0, 0.1) is 0 Å². The predicted molar refractivity (Wildman–Crippen MR) is 73.8 cm³/mol. The second-order valence-corrected chi connectivity index (χ2v) is 4.66. The third kappa shape index (κ3) is 3.35. The Balaban J connectivity index is 2.36. The molecule has 1 unspecified atom stereocenters. The molecule has 0 saturated heterocycles. The Bertz CT molecular complexity index is 633. The first-order valence-electron chi connectivity index (χ1n) is 6.50. The normalized spacial score (nSPS) is 16.7. The number of carbonyl (C=O) groups excluding carboxylic acids is 1. The number of halogens is 3. The molecule has 0 aliphatic carbocycles. The zero-order chi connectivity index (χ0) is 17.1.